The Balaban J connectivity index is 1.64. The molecule has 2 aromatic heterocycles. The molecule has 0 radical (unpaired) electrons. The molecule has 0 unspecified atom stereocenters. The van der Waals surface area contributed by atoms with Crippen molar-refractivity contribution in [3.8, 4) is 0 Å². The van der Waals surface area contributed by atoms with Crippen molar-refractivity contribution in [2.45, 2.75) is 0 Å². The van der Waals surface area contributed by atoms with Gasteiger partial charge >= 0.3 is 0 Å². The largest absolute Gasteiger partial charge is 0.380 e. The number of pyridine rings is 1. The van der Waals surface area contributed by atoms with Gasteiger partial charge in [-0.1, -0.05) is 6.07 Å². The molecule has 3 rings (SSSR count). The summed E-state index contributed by atoms with van der Waals surface area (Å²) in [5, 5.41) is 9.82. The Hall–Kier alpha value is -2.64. The number of amides is 1. The van der Waals surface area contributed by atoms with E-state index in [1.165, 1.54) is 0 Å². The predicted molar refractivity (Wildman–Crippen MR) is 73.1 cm³/mol. The molecule has 1 amide bonds. The lowest BCUT2D eigenvalue weighted by molar-refractivity contribution is 0.0741. The van der Waals surface area contributed by atoms with Crippen molar-refractivity contribution in [2.24, 2.45) is 0 Å². The number of aromatic nitrogens is 4. The fraction of sp³-hybridized carbons (Fsp3) is 0.333. The van der Waals surface area contributed by atoms with E-state index in [-0.39, 0.29) is 17.4 Å². The van der Waals surface area contributed by atoms with Gasteiger partial charge < -0.3 is 15.5 Å². The molecule has 104 valence electrons. The van der Waals surface area contributed by atoms with Crippen LogP contribution in [-0.2, 0) is 0 Å². The average molecular weight is 273 g/mol. The fourth-order valence-electron chi connectivity index (χ4n) is 2.23. The third-order valence-corrected chi connectivity index (χ3v) is 3.32. The second-order valence-electron chi connectivity index (χ2n) is 4.52. The number of hydrogen-bond donors (Lipinski definition) is 2. The van der Waals surface area contributed by atoms with Crippen molar-refractivity contribution in [1.29, 1.82) is 0 Å². The maximum Gasteiger partial charge on any atom is 0.278 e. The van der Waals surface area contributed by atoms with Crippen LogP contribution >= 0.6 is 0 Å². The molecule has 3 heterocycles. The van der Waals surface area contributed by atoms with Gasteiger partial charge in [-0.3, -0.25) is 4.79 Å². The zero-order valence-corrected chi connectivity index (χ0v) is 10.9. The molecular weight excluding hydrogens is 258 g/mol. The van der Waals surface area contributed by atoms with Crippen molar-refractivity contribution in [1.82, 2.24) is 25.3 Å². The number of nitrogens with one attached hydrogen (secondary N) is 1. The molecule has 1 aliphatic rings. The molecule has 3 N–H and O–H groups in total. The van der Waals surface area contributed by atoms with Crippen LogP contribution in [0.5, 0.6) is 0 Å². The topological polar surface area (TPSA) is 104 Å². The third kappa shape index (κ3) is 2.27. The smallest absolute Gasteiger partial charge is 0.278 e. The van der Waals surface area contributed by atoms with Crippen LogP contribution in [0.15, 0.2) is 24.4 Å². The van der Waals surface area contributed by atoms with Crippen LogP contribution in [0.25, 0.3) is 0 Å². The number of piperazine rings is 1. The van der Waals surface area contributed by atoms with Gasteiger partial charge in [0, 0.05) is 32.4 Å². The lowest BCUT2D eigenvalue weighted by atomic mass is 10.2. The van der Waals surface area contributed by atoms with Crippen molar-refractivity contribution in [3.05, 3.63) is 30.1 Å². The number of anilines is 2. The van der Waals surface area contributed by atoms with Crippen LogP contribution < -0.4 is 10.6 Å². The molecule has 1 saturated heterocycles. The van der Waals surface area contributed by atoms with Crippen LogP contribution in [0, 0.1) is 0 Å². The summed E-state index contributed by atoms with van der Waals surface area (Å²) in [5.74, 6) is 0.889. The summed E-state index contributed by atoms with van der Waals surface area (Å²) < 4.78 is 0. The number of carbonyl (C=O) groups excluding carboxylic acids is 1. The molecular formula is C12H15N7O. The molecule has 0 aliphatic carbocycles. The van der Waals surface area contributed by atoms with Gasteiger partial charge in [0.1, 0.15) is 5.82 Å². The minimum atomic E-state index is -0.183. The highest BCUT2D eigenvalue weighted by molar-refractivity contribution is 5.96. The van der Waals surface area contributed by atoms with Crippen molar-refractivity contribution < 1.29 is 4.79 Å². The zero-order valence-electron chi connectivity index (χ0n) is 10.9. The lowest BCUT2D eigenvalue weighted by Crippen LogP contribution is -2.49. The first-order valence-corrected chi connectivity index (χ1v) is 6.37. The van der Waals surface area contributed by atoms with E-state index in [1.807, 2.05) is 18.2 Å². The molecule has 0 bridgehead atoms. The van der Waals surface area contributed by atoms with Crippen LogP contribution in [0.4, 0.5) is 11.6 Å². The van der Waals surface area contributed by atoms with Gasteiger partial charge in [-0.2, -0.15) is 5.21 Å². The fourth-order valence-corrected chi connectivity index (χ4v) is 2.23. The second kappa shape index (κ2) is 5.16. The molecule has 0 spiro atoms. The molecule has 8 nitrogen and oxygen atoms in total. The van der Waals surface area contributed by atoms with E-state index in [1.54, 1.807) is 11.1 Å². The van der Waals surface area contributed by atoms with E-state index >= 15 is 0 Å². The Bertz CT molecular complexity index is 589. The Morgan fingerprint density at radius 1 is 1.20 bits per heavy atom. The molecule has 20 heavy (non-hydrogen) atoms. The first-order valence-electron chi connectivity index (χ1n) is 6.37. The van der Waals surface area contributed by atoms with Gasteiger partial charge in [0.2, 0.25) is 0 Å². The third-order valence-electron chi connectivity index (χ3n) is 3.32. The van der Waals surface area contributed by atoms with E-state index in [2.05, 4.69) is 25.3 Å². The summed E-state index contributed by atoms with van der Waals surface area (Å²) in [6.45, 7) is 2.70. The summed E-state index contributed by atoms with van der Waals surface area (Å²) in [6, 6.07) is 5.81. The maximum absolute atomic E-state index is 12.2. The summed E-state index contributed by atoms with van der Waals surface area (Å²) >= 11 is 0. The highest BCUT2D eigenvalue weighted by Gasteiger charge is 2.25. The molecule has 0 atom stereocenters. The SMILES string of the molecule is Nc1n[nH]nc1C(=O)N1CCN(c2ccccn2)CC1. The van der Waals surface area contributed by atoms with Crippen molar-refractivity contribution in [3.63, 3.8) is 0 Å². The van der Waals surface area contributed by atoms with Crippen LogP contribution in [0.2, 0.25) is 0 Å². The van der Waals surface area contributed by atoms with Gasteiger partial charge in [0.25, 0.3) is 5.91 Å². The van der Waals surface area contributed by atoms with E-state index in [0.29, 0.717) is 13.1 Å². The average Bonchev–Trinajstić information content (AvgIpc) is 2.94. The minimum Gasteiger partial charge on any atom is -0.380 e. The molecule has 1 fully saturated rings. The molecule has 2 aromatic rings. The molecule has 0 saturated carbocycles. The standard InChI is InChI=1S/C12H15N7O/c13-11-10(15-17-16-11)12(20)19-7-5-18(6-8-19)9-3-1-2-4-14-9/h1-4H,5-8H2,(H3,13,15,16,17). The minimum absolute atomic E-state index is 0.141. The van der Waals surface area contributed by atoms with Crippen molar-refractivity contribution >= 4 is 17.5 Å². The first kappa shape index (κ1) is 12.4. The number of hydrogen-bond acceptors (Lipinski definition) is 6. The number of aromatic amines is 1. The highest BCUT2D eigenvalue weighted by Crippen LogP contribution is 2.14. The van der Waals surface area contributed by atoms with Gasteiger partial charge in [0.15, 0.2) is 11.5 Å². The van der Waals surface area contributed by atoms with E-state index < -0.39 is 0 Å². The van der Waals surface area contributed by atoms with Crippen LogP contribution in [-0.4, -0.2) is 57.4 Å². The summed E-state index contributed by atoms with van der Waals surface area (Å²) in [4.78, 5) is 20.4. The quantitative estimate of drug-likeness (QED) is 0.781. The number of nitrogen functional groups attached to an aromatic ring is 1. The number of carbonyl (C=O) groups is 1. The van der Waals surface area contributed by atoms with E-state index in [0.717, 1.165) is 18.9 Å². The molecule has 0 aromatic carbocycles. The Kier molecular flexibility index (Phi) is 3.20. The van der Waals surface area contributed by atoms with E-state index in [9.17, 15) is 4.79 Å². The second-order valence-corrected chi connectivity index (χ2v) is 4.52. The first-order chi connectivity index (χ1) is 9.75. The van der Waals surface area contributed by atoms with Crippen molar-refractivity contribution in [2.75, 3.05) is 36.8 Å². The number of rotatable bonds is 2. The van der Waals surface area contributed by atoms with Crippen LogP contribution in [0.1, 0.15) is 10.5 Å². The monoisotopic (exact) mass is 273 g/mol. The molecule has 1 aliphatic heterocycles. The van der Waals surface area contributed by atoms with E-state index in [4.69, 9.17) is 5.73 Å². The van der Waals surface area contributed by atoms with Gasteiger partial charge in [0.05, 0.1) is 0 Å². The number of H-pyrrole nitrogens is 1. The Morgan fingerprint density at radius 2 is 2.00 bits per heavy atom. The zero-order chi connectivity index (χ0) is 13.9. The lowest BCUT2D eigenvalue weighted by Gasteiger charge is -2.35. The summed E-state index contributed by atoms with van der Waals surface area (Å²) in [5.41, 5.74) is 5.78. The summed E-state index contributed by atoms with van der Waals surface area (Å²) in [6.07, 6.45) is 1.77. The normalized spacial score (nSPS) is 15.4. The number of nitrogens with zero attached hydrogens (tertiary/aromatic N) is 5. The van der Waals surface area contributed by atoms with Crippen LogP contribution in [0.3, 0.4) is 0 Å². The maximum atomic E-state index is 12.2. The Morgan fingerprint density at radius 3 is 2.60 bits per heavy atom. The molecule has 8 heteroatoms. The highest BCUT2D eigenvalue weighted by atomic mass is 16.2. The Labute approximate surface area is 115 Å². The summed E-state index contributed by atoms with van der Waals surface area (Å²) in [7, 11) is 0. The van der Waals surface area contributed by atoms with Gasteiger partial charge in [-0.05, 0) is 12.1 Å². The number of nitrogens with two attached hydrogens (primary N) is 1. The van der Waals surface area contributed by atoms with Gasteiger partial charge in [-0.25, -0.2) is 4.98 Å². The van der Waals surface area contributed by atoms with Gasteiger partial charge in [-0.15, -0.1) is 10.2 Å². The predicted octanol–water partition coefficient (Wildman–Crippen LogP) is -0.256.